The molecule has 1 saturated carbocycles. The van der Waals surface area contributed by atoms with E-state index in [0.717, 1.165) is 18.4 Å². The van der Waals surface area contributed by atoms with E-state index in [-0.39, 0.29) is 17.8 Å². The summed E-state index contributed by atoms with van der Waals surface area (Å²) in [6.45, 7) is 0.0343. The summed E-state index contributed by atoms with van der Waals surface area (Å²) in [6, 6.07) is 15.4. The Morgan fingerprint density at radius 1 is 1.00 bits per heavy atom. The largest absolute Gasteiger partial charge is 0.392 e. The highest BCUT2D eigenvalue weighted by molar-refractivity contribution is 5.91. The summed E-state index contributed by atoms with van der Waals surface area (Å²) >= 11 is 0. The third-order valence-electron chi connectivity index (χ3n) is 5.48. The van der Waals surface area contributed by atoms with Gasteiger partial charge in [0.1, 0.15) is 5.82 Å². The lowest BCUT2D eigenvalue weighted by Crippen LogP contribution is -2.21. The number of allylic oxidation sites excluding steroid dienone is 2. The molecule has 0 aromatic heterocycles. The molecule has 2 heteroatoms. The van der Waals surface area contributed by atoms with Gasteiger partial charge in [-0.05, 0) is 52.8 Å². The zero-order valence-electron chi connectivity index (χ0n) is 13.6. The maximum Gasteiger partial charge on any atom is 0.123 e. The van der Waals surface area contributed by atoms with E-state index in [4.69, 9.17) is 0 Å². The summed E-state index contributed by atoms with van der Waals surface area (Å²) in [5, 5.41) is 9.31. The van der Waals surface area contributed by atoms with Crippen LogP contribution in [-0.4, -0.2) is 11.7 Å². The molecule has 0 unspecified atom stereocenters. The number of hydrogen-bond acceptors (Lipinski definition) is 1. The summed E-state index contributed by atoms with van der Waals surface area (Å²) in [5.41, 5.74) is 6.21. The van der Waals surface area contributed by atoms with Crippen molar-refractivity contribution in [2.75, 3.05) is 6.61 Å². The summed E-state index contributed by atoms with van der Waals surface area (Å²) in [7, 11) is 0. The van der Waals surface area contributed by atoms with Gasteiger partial charge in [-0.2, -0.15) is 0 Å². The number of aliphatic hydroxyl groups is 1. The van der Waals surface area contributed by atoms with E-state index in [1.807, 2.05) is 18.2 Å². The summed E-state index contributed by atoms with van der Waals surface area (Å²) in [4.78, 5) is 0. The highest BCUT2D eigenvalue weighted by Gasteiger charge is 2.45. The lowest BCUT2D eigenvalue weighted by Gasteiger charge is -2.27. The molecule has 24 heavy (non-hydrogen) atoms. The van der Waals surface area contributed by atoms with Gasteiger partial charge in [0, 0.05) is 5.41 Å². The standard InChI is InChI=1S/C22H21FO/c23-17-11-9-16(10-12-17)21-18-6-1-2-7-19(18)22(13-3-4-14-22)20(21)8-5-15-24/h1-2,5-12,24H,3-4,13-15H2. The predicted molar refractivity (Wildman–Crippen MR) is 95.2 cm³/mol. The number of benzene rings is 2. The molecule has 0 radical (unpaired) electrons. The Kier molecular flexibility index (Phi) is 3.85. The lowest BCUT2D eigenvalue weighted by atomic mass is 9.75. The van der Waals surface area contributed by atoms with E-state index in [9.17, 15) is 9.50 Å². The Balaban J connectivity index is 1.99. The van der Waals surface area contributed by atoms with Crippen LogP contribution in [0.5, 0.6) is 0 Å². The quantitative estimate of drug-likeness (QED) is 0.843. The minimum absolute atomic E-state index is 0.0343. The normalized spacial score (nSPS) is 18.8. The first-order chi connectivity index (χ1) is 11.8. The van der Waals surface area contributed by atoms with Crippen LogP contribution in [0.3, 0.4) is 0 Å². The molecule has 0 saturated heterocycles. The van der Waals surface area contributed by atoms with Gasteiger partial charge in [0.05, 0.1) is 6.61 Å². The van der Waals surface area contributed by atoms with Crippen molar-refractivity contribution in [2.24, 2.45) is 0 Å². The zero-order valence-corrected chi connectivity index (χ0v) is 13.6. The van der Waals surface area contributed by atoms with Gasteiger partial charge in [-0.15, -0.1) is 0 Å². The van der Waals surface area contributed by atoms with E-state index in [1.54, 1.807) is 0 Å². The van der Waals surface area contributed by atoms with Crippen molar-refractivity contribution in [3.8, 4) is 0 Å². The molecule has 4 rings (SSSR count). The van der Waals surface area contributed by atoms with Crippen molar-refractivity contribution in [3.05, 3.63) is 88.8 Å². The Bertz CT molecular complexity index is 808. The topological polar surface area (TPSA) is 20.2 Å². The molecule has 1 nitrogen and oxygen atoms in total. The number of hydrogen-bond donors (Lipinski definition) is 1. The highest BCUT2D eigenvalue weighted by atomic mass is 19.1. The first-order valence-corrected chi connectivity index (χ1v) is 8.64. The van der Waals surface area contributed by atoms with Gasteiger partial charge in [0.15, 0.2) is 0 Å². The number of halogens is 1. The van der Waals surface area contributed by atoms with Crippen molar-refractivity contribution < 1.29 is 9.50 Å². The number of aliphatic hydroxyl groups excluding tert-OH is 1. The van der Waals surface area contributed by atoms with E-state index >= 15 is 0 Å². The molecule has 0 bridgehead atoms. The second-order valence-electron chi connectivity index (χ2n) is 6.72. The highest BCUT2D eigenvalue weighted by Crippen LogP contribution is 2.56. The van der Waals surface area contributed by atoms with Crippen LogP contribution in [0.4, 0.5) is 4.39 Å². The second kappa shape index (κ2) is 6.03. The van der Waals surface area contributed by atoms with Gasteiger partial charge in [-0.1, -0.05) is 61.4 Å². The van der Waals surface area contributed by atoms with Crippen molar-refractivity contribution in [3.63, 3.8) is 0 Å². The van der Waals surface area contributed by atoms with Crippen molar-refractivity contribution in [2.45, 2.75) is 31.1 Å². The van der Waals surface area contributed by atoms with E-state index in [2.05, 4.69) is 30.3 Å². The Labute approximate surface area is 142 Å². The minimum Gasteiger partial charge on any atom is -0.392 e. The van der Waals surface area contributed by atoms with Crippen molar-refractivity contribution >= 4 is 5.57 Å². The van der Waals surface area contributed by atoms with E-state index in [0.29, 0.717) is 0 Å². The van der Waals surface area contributed by atoms with Gasteiger partial charge < -0.3 is 5.11 Å². The average molecular weight is 320 g/mol. The Hall–Kier alpha value is -2.19. The smallest absolute Gasteiger partial charge is 0.123 e. The predicted octanol–water partition coefficient (Wildman–Crippen LogP) is 5.00. The number of fused-ring (bicyclic) bond motifs is 2. The number of rotatable bonds is 3. The molecule has 2 aromatic rings. The second-order valence-corrected chi connectivity index (χ2v) is 6.72. The molecular weight excluding hydrogens is 299 g/mol. The van der Waals surface area contributed by atoms with Crippen LogP contribution in [-0.2, 0) is 5.41 Å². The van der Waals surface area contributed by atoms with Crippen LogP contribution < -0.4 is 0 Å². The van der Waals surface area contributed by atoms with Crippen molar-refractivity contribution in [1.82, 2.24) is 0 Å². The molecule has 1 spiro atoms. The van der Waals surface area contributed by atoms with Crippen LogP contribution in [0.2, 0.25) is 0 Å². The van der Waals surface area contributed by atoms with Crippen LogP contribution in [0.1, 0.15) is 42.4 Å². The lowest BCUT2D eigenvalue weighted by molar-refractivity contribution is 0.342. The fraction of sp³-hybridized carbons (Fsp3) is 0.273. The molecule has 1 N–H and O–H groups in total. The minimum atomic E-state index is -0.214. The van der Waals surface area contributed by atoms with Crippen LogP contribution in [0.25, 0.3) is 5.57 Å². The van der Waals surface area contributed by atoms with Gasteiger partial charge in [-0.25, -0.2) is 4.39 Å². The Morgan fingerprint density at radius 2 is 1.71 bits per heavy atom. The first kappa shape index (κ1) is 15.3. The third-order valence-corrected chi connectivity index (χ3v) is 5.48. The van der Waals surface area contributed by atoms with Crippen LogP contribution in [0, 0.1) is 5.82 Å². The molecule has 0 amide bonds. The molecule has 122 valence electrons. The van der Waals surface area contributed by atoms with Crippen LogP contribution in [0.15, 0.2) is 66.3 Å². The third kappa shape index (κ3) is 2.25. The van der Waals surface area contributed by atoms with Crippen molar-refractivity contribution in [1.29, 1.82) is 0 Å². The maximum absolute atomic E-state index is 13.4. The van der Waals surface area contributed by atoms with Gasteiger partial charge in [0.25, 0.3) is 0 Å². The maximum atomic E-state index is 13.4. The molecule has 2 aliphatic carbocycles. The van der Waals surface area contributed by atoms with Gasteiger partial charge in [-0.3, -0.25) is 0 Å². The molecule has 1 fully saturated rings. The van der Waals surface area contributed by atoms with E-state index < -0.39 is 0 Å². The first-order valence-electron chi connectivity index (χ1n) is 8.64. The van der Waals surface area contributed by atoms with Gasteiger partial charge >= 0.3 is 0 Å². The SMILES string of the molecule is OCC=CC1=C(c2ccc(F)cc2)c2ccccc2C12CCCC2. The summed E-state index contributed by atoms with van der Waals surface area (Å²) in [6.07, 6.45) is 8.64. The molecule has 0 heterocycles. The molecule has 2 aliphatic rings. The molecule has 0 aliphatic heterocycles. The Morgan fingerprint density at radius 3 is 2.42 bits per heavy atom. The molecule has 0 atom stereocenters. The summed E-state index contributed by atoms with van der Waals surface area (Å²) < 4.78 is 13.4. The fourth-order valence-electron chi connectivity index (χ4n) is 4.51. The monoisotopic (exact) mass is 320 g/mol. The zero-order chi connectivity index (χ0) is 16.6. The van der Waals surface area contributed by atoms with Gasteiger partial charge in [0.2, 0.25) is 0 Å². The fourth-order valence-corrected chi connectivity index (χ4v) is 4.51. The van der Waals surface area contributed by atoms with E-state index in [1.165, 1.54) is 47.2 Å². The van der Waals surface area contributed by atoms with Crippen LogP contribution >= 0.6 is 0 Å². The average Bonchev–Trinajstić information content (AvgIpc) is 3.20. The summed E-state index contributed by atoms with van der Waals surface area (Å²) in [5.74, 6) is -0.214. The molecule has 2 aromatic carbocycles. The molecular formula is C22H21FO.